The van der Waals surface area contributed by atoms with Gasteiger partial charge in [-0.15, -0.1) is 0 Å². The highest BCUT2D eigenvalue weighted by Gasteiger charge is 2.13. The summed E-state index contributed by atoms with van der Waals surface area (Å²) in [7, 11) is -4.88. The molecule has 13 heavy (non-hydrogen) atoms. The van der Waals surface area contributed by atoms with Gasteiger partial charge in [-0.25, -0.2) is 0 Å². The molecule has 5 heteroatoms. The van der Waals surface area contributed by atoms with Gasteiger partial charge in [0.1, 0.15) is 0 Å². The highest BCUT2D eigenvalue weighted by molar-refractivity contribution is 7.83. The Bertz CT molecular complexity index is 245. The third kappa shape index (κ3) is 5.18. The van der Waals surface area contributed by atoms with Gasteiger partial charge in [-0.3, -0.25) is 0 Å². The first-order chi connectivity index (χ1) is 6.08. The van der Waals surface area contributed by atoms with E-state index in [1.807, 2.05) is 0 Å². The third-order valence-electron chi connectivity index (χ3n) is 2.35. The molecule has 0 spiro atoms. The molecule has 0 aliphatic heterocycles. The first kappa shape index (κ1) is 10.9. The molecule has 0 saturated heterocycles. The largest absolute Gasteiger partial charge is 0.367 e. The van der Waals surface area contributed by atoms with Crippen LogP contribution in [-0.4, -0.2) is 10.3 Å². The molecule has 0 aromatic carbocycles. The summed E-state index contributed by atoms with van der Waals surface area (Å²) in [5.74, 6) is 0. The predicted octanol–water partition coefficient (Wildman–Crippen LogP) is 3.34. The molecule has 0 N–H and O–H groups in total. The van der Waals surface area contributed by atoms with E-state index < -0.39 is 10.5 Å². The highest BCUT2D eigenvalue weighted by atomic mass is 32.3. The van der Waals surface area contributed by atoms with Crippen LogP contribution in [-0.2, 0) is 10.5 Å². The lowest BCUT2D eigenvalue weighted by Crippen LogP contribution is -2.08. The van der Waals surface area contributed by atoms with Crippen molar-refractivity contribution in [3.05, 3.63) is 0 Å². The van der Waals surface area contributed by atoms with Gasteiger partial charge in [0.25, 0.3) is 0 Å². The van der Waals surface area contributed by atoms with Crippen molar-refractivity contribution in [1.29, 1.82) is 0 Å². The Kier molecular flexibility index (Phi) is 4.09. The van der Waals surface area contributed by atoms with E-state index in [-0.39, 0.29) is 6.04 Å². The van der Waals surface area contributed by atoms with Crippen molar-refractivity contribution in [1.82, 2.24) is 0 Å². The maximum Gasteiger partial charge on any atom is 0.367 e. The molecule has 78 valence electrons. The molecule has 1 fully saturated rings. The minimum absolute atomic E-state index is 0.372. The minimum Gasteiger partial charge on any atom is -0.180 e. The summed E-state index contributed by atoms with van der Waals surface area (Å²) in [4.78, 5) is 0. The Morgan fingerprint density at radius 3 is 1.92 bits per heavy atom. The minimum atomic E-state index is -4.88. The van der Waals surface area contributed by atoms with Crippen LogP contribution in [0.2, 0.25) is 0 Å². The summed E-state index contributed by atoms with van der Waals surface area (Å²) in [6.45, 7) is 0. The Hall–Kier alpha value is -0.190. The van der Waals surface area contributed by atoms with Crippen molar-refractivity contribution in [2.24, 2.45) is 4.36 Å². The van der Waals surface area contributed by atoms with Gasteiger partial charge in [0.2, 0.25) is 0 Å². The first-order valence-electron chi connectivity index (χ1n) is 4.73. The molecule has 0 radical (unpaired) electrons. The van der Waals surface area contributed by atoms with E-state index in [4.69, 9.17) is 0 Å². The normalized spacial score (nSPS) is 22.0. The van der Waals surface area contributed by atoms with Gasteiger partial charge in [-0.1, -0.05) is 39.9 Å². The summed E-state index contributed by atoms with van der Waals surface area (Å²) in [5, 5.41) is 0. The van der Waals surface area contributed by atoms with Crippen molar-refractivity contribution in [3.63, 3.8) is 0 Å². The average Bonchev–Trinajstić information content (AvgIpc) is 1.92. The Labute approximate surface area is 78.5 Å². The summed E-state index contributed by atoms with van der Waals surface area (Å²) < 4.78 is 37.4. The van der Waals surface area contributed by atoms with E-state index in [0.29, 0.717) is 12.8 Å². The summed E-state index contributed by atoms with van der Waals surface area (Å²) in [6, 6.07) is -0.372. The quantitative estimate of drug-likeness (QED) is 0.612. The smallest absolute Gasteiger partial charge is 0.180 e. The van der Waals surface area contributed by atoms with Crippen LogP contribution in [0.1, 0.15) is 44.9 Å². The lowest BCUT2D eigenvalue weighted by atomic mass is 9.98. The Balaban J connectivity index is 2.52. The zero-order valence-electron chi connectivity index (χ0n) is 7.55. The van der Waals surface area contributed by atoms with Crippen molar-refractivity contribution < 1.29 is 12.0 Å². The third-order valence-corrected chi connectivity index (χ3v) is 2.89. The monoisotopic (exact) mass is 211 g/mol. The standard InChI is InChI=1S/C8H15F2NOS/c9-13(10,12)11-8-6-4-2-1-3-5-7-8/h8H,1-7H2. The molecule has 0 aromatic rings. The van der Waals surface area contributed by atoms with Crippen LogP contribution < -0.4 is 0 Å². The van der Waals surface area contributed by atoms with E-state index in [0.717, 1.165) is 25.7 Å². The van der Waals surface area contributed by atoms with Crippen LogP contribution in [0, 0.1) is 0 Å². The molecule has 1 aliphatic carbocycles. The molecule has 0 atom stereocenters. The van der Waals surface area contributed by atoms with E-state index in [1.165, 1.54) is 6.42 Å². The zero-order valence-corrected chi connectivity index (χ0v) is 8.36. The lowest BCUT2D eigenvalue weighted by Gasteiger charge is -2.14. The van der Waals surface area contributed by atoms with Gasteiger partial charge < -0.3 is 0 Å². The van der Waals surface area contributed by atoms with Crippen LogP contribution in [0.15, 0.2) is 4.36 Å². The van der Waals surface area contributed by atoms with Gasteiger partial charge in [0.05, 0.1) is 6.04 Å². The maximum atomic E-state index is 12.1. The summed E-state index contributed by atoms with van der Waals surface area (Å²) >= 11 is 0. The highest BCUT2D eigenvalue weighted by Crippen LogP contribution is 2.21. The van der Waals surface area contributed by atoms with E-state index in [2.05, 4.69) is 4.36 Å². The molecule has 0 bridgehead atoms. The molecule has 0 amide bonds. The predicted molar refractivity (Wildman–Crippen MR) is 48.9 cm³/mol. The molecule has 1 rings (SSSR count). The van der Waals surface area contributed by atoms with E-state index >= 15 is 0 Å². The molecule has 1 aliphatic rings. The molecular weight excluding hydrogens is 196 g/mol. The fourth-order valence-corrected chi connectivity index (χ4v) is 2.27. The van der Waals surface area contributed by atoms with E-state index in [9.17, 15) is 12.0 Å². The maximum absolute atomic E-state index is 12.1. The first-order valence-corrected chi connectivity index (χ1v) is 6.05. The Morgan fingerprint density at radius 1 is 1.00 bits per heavy atom. The van der Waals surface area contributed by atoms with Crippen LogP contribution in [0.25, 0.3) is 0 Å². The lowest BCUT2D eigenvalue weighted by molar-refractivity contribution is 0.451. The van der Waals surface area contributed by atoms with Crippen LogP contribution >= 0.6 is 0 Å². The topological polar surface area (TPSA) is 29.4 Å². The molecule has 0 aromatic heterocycles. The summed E-state index contributed by atoms with van der Waals surface area (Å²) in [5.41, 5.74) is 0. The van der Waals surface area contributed by atoms with Gasteiger partial charge in [0, 0.05) is 0 Å². The number of hydrogen-bond donors (Lipinski definition) is 0. The van der Waals surface area contributed by atoms with Crippen molar-refractivity contribution >= 4 is 10.5 Å². The van der Waals surface area contributed by atoms with Crippen molar-refractivity contribution in [2.75, 3.05) is 0 Å². The van der Waals surface area contributed by atoms with E-state index in [1.54, 1.807) is 0 Å². The Morgan fingerprint density at radius 2 is 1.46 bits per heavy atom. The second-order valence-corrected chi connectivity index (χ2v) is 4.51. The second kappa shape index (κ2) is 4.88. The number of hydrogen-bond acceptors (Lipinski definition) is 2. The van der Waals surface area contributed by atoms with Gasteiger partial charge in [-0.05, 0) is 12.8 Å². The van der Waals surface area contributed by atoms with Crippen LogP contribution in [0.5, 0.6) is 0 Å². The SMILES string of the molecule is O=S(F)(F)=NC1CCCCCCC1. The zero-order chi connectivity index (χ0) is 9.73. The molecule has 1 saturated carbocycles. The summed E-state index contributed by atoms with van der Waals surface area (Å²) in [6.07, 6.45) is 6.58. The van der Waals surface area contributed by atoms with Gasteiger partial charge >= 0.3 is 10.5 Å². The fraction of sp³-hybridized carbons (Fsp3) is 1.00. The van der Waals surface area contributed by atoms with Gasteiger partial charge in [-0.2, -0.15) is 8.57 Å². The van der Waals surface area contributed by atoms with Crippen molar-refractivity contribution in [3.8, 4) is 0 Å². The average molecular weight is 211 g/mol. The van der Waals surface area contributed by atoms with Gasteiger partial charge in [0.15, 0.2) is 0 Å². The second-order valence-electron chi connectivity index (χ2n) is 3.50. The van der Waals surface area contributed by atoms with Crippen LogP contribution in [0.4, 0.5) is 7.77 Å². The number of rotatable bonds is 1. The van der Waals surface area contributed by atoms with Crippen molar-refractivity contribution in [2.45, 2.75) is 51.0 Å². The molecule has 2 nitrogen and oxygen atoms in total. The molecule has 0 heterocycles. The number of halogens is 2. The molecular formula is C8H15F2NOS. The fourth-order valence-electron chi connectivity index (χ4n) is 1.71. The molecule has 0 unspecified atom stereocenters. The number of nitrogens with zero attached hydrogens (tertiary/aromatic N) is 1. The van der Waals surface area contributed by atoms with Crippen LogP contribution in [0.3, 0.4) is 0 Å².